The molecule has 5 fully saturated rings. The molecular weight excluding hydrogens is 552 g/mol. The summed E-state index contributed by atoms with van der Waals surface area (Å²) in [6.45, 7) is 16.7. The first-order valence-electron chi connectivity index (χ1n) is 17.1. The average Bonchev–Trinajstić information content (AvgIpc) is 3.35. The van der Waals surface area contributed by atoms with Crippen LogP contribution >= 0.6 is 0 Å². The average molecular weight is 607 g/mol. The summed E-state index contributed by atoms with van der Waals surface area (Å²) in [5.41, 5.74) is 5.90. The fourth-order valence-corrected chi connectivity index (χ4v) is 12.6. The number of ether oxygens (including phenoxy) is 1. The van der Waals surface area contributed by atoms with Crippen LogP contribution < -0.4 is 4.72 Å². The molecule has 2 heterocycles. The highest BCUT2D eigenvalue weighted by Crippen LogP contribution is 2.65. The Labute approximate surface area is 261 Å². The molecule has 2 saturated heterocycles. The van der Waals surface area contributed by atoms with E-state index in [1.807, 2.05) is 0 Å². The van der Waals surface area contributed by atoms with E-state index in [1.165, 1.54) is 43.1 Å². The van der Waals surface area contributed by atoms with Crippen molar-refractivity contribution < 1.29 is 13.2 Å². The van der Waals surface area contributed by atoms with Crippen LogP contribution in [0.2, 0.25) is 0 Å². The van der Waals surface area contributed by atoms with Gasteiger partial charge < -0.3 is 4.74 Å². The SMILES string of the molecule is C=C1[C@@H]2N(Cc3ccccc3)C[C@@H](C)C[C@@]2(C)O[C@]12CC[C@@H]1C(=C(C)C2)C[C@H]2[C@H]1CC[C@@H]1CC(NS(C)(=O)=O)CC[C@@]12C. The van der Waals surface area contributed by atoms with E-state index in [1.54, 1.807) is 11.1 Å². The van der Waals surface area contributed by atoms with Gasteiger partial charge in [-0.3, -0.25) is 4.90 Å². The molecule has 1 aromatic carbocycles. The number of allylic oxidation sites excluding steroid dienone is 1. The van der Waals surface area contributed by atoms with Crippen molar-refractivity contribution in [1.82, 2.24) is 9.62 Å². The Morgan fingerprint density at radius 2 is 1.86 bits per heavy atom. The fraction of sp³-hybridized carbons (Fsp3) is 0.730. The van der Waals surface area contributed by atoms with E-state index < -0.39 is 10.0 Å². The van der Waals surface area contributed by atoms with E-state index in [0.717, 1.165) is 63.5 Å². The molecule has 1 N–H and O–H groups in total. The third-order valence-corrected chi connectivity index (χ3v) is 14.1. The van der Waals surface area contributed by atoms with E-state index in [0.29, 0.717) is 23.2 Å². The van der Waals surface area contributed by atoms with Gasteiger partial charge in [0.15, 0.2) is 0 Å². The molecule has 4 aliphatic carbocycles. The summed E-state index contributed by atoms with van der Waals surface area (Å²) in [5.74, 6) is 3.36. The number of fused-ring (bicyclic) bond motifs is 6. The molecule has 0 aromatic heterocycles. The maximum Gasteiger partial charge on any atom is 0.208 e. The topological polar surface area (TPSA) is 58.6 Å². The van der Waals surface area contributed by atoms with Crippen LogP contribution in [0.1, 0.15) is 97.5 Å². The molecule has 236 valence electrons. The van der Waals surface area contributed by atoms with Gasteiger partial charge >= 0.3 is 0 Å². The summed E-state index contributed by atoms with van der Waals surface area (Å²) in [5, 5.41) is 0. The summed E-state index contributed by atoms with van der Waals surface area (Å²) >= 11 is 0. The van der Waals surface area contributed by atoms with Gasteiger partial charge in [-0.1, -0.05) is 61.9 Å². The van der Waals surface area contributed by atoms with Crippen LogP contribution in [0, 0.1) is 35.0 Å². The van der Waals surface area contributed by atoms with Crippen LogP contribution in [0.5, 0.6) is 0 Å². The lowest BCUT2D eigenvalue weighted by Crippen LogP contribution is -2.55. The first-order valence-corrected chi connectivity index (χ1v) is 19.0. The molecule has 2 aliphatic heterocycles. The zero-order chi connectivity index (χ0) is 30.4. The lowest BCUT2D eigenvalue weighted by molar-refractivity contribution is -0.135. The molecule has 43 heavy (non-hydrogen) atoms. The van der Waals surface area contributed by atoms with Gasteiger partial charge in [0.05, 0.1) is 23.5 Å². The van der Waals surface area contributed by atoms with Crippen molar-refractivity contribution in [2.75, 3.05) is 12.8 Å². The second kappa shape index (κ2) is 10.5. The number of nitrogens with one attached hydrogen (secondary N) is 1. The van der Waals surface area contributed by atoms with E-state index in [2.05, 4.69) is 67.6 Å². The van der Waals surface area contributed by atoms with Gasteiger partial charge in [-0.25, -0.2) is 13.1 Å². The number of piperidine rings is 1. The molecule has 3 saturated carbocycles. The maximum atomic E-state index is 12.0. The van der Waals surface area contributed by atoms with Crippen molar-refractivity contribution in [2.24, 2.45) is 35.0 Å². The number of rotatable bonds is 4. The predicted octanol–water partition coefficient (Wildman–Crippen LogP) is 7.25. The van der Waals surface area contributed by atoms with Gasteiger partial charge in [-0.2, -0.15) is 0 Å². The molecular formula is C37H54N2O3S. The first-order chi connectivity index (χ1) is 20.3. The van der Waals surface area contributed by atoms with E-state index in [9.17, 15) is 8.42 Å². The largest absolute Gasteiger partial charge is 0.362 e. The Hall–Kier alpha value is -1.47. The number of sulfonamides is 1. The molecule has 0 radical (unpaired) electrons. The zero-order valence-electron chi connectivity index (χ0n) is 27.2. The Balaban J connectivity index is 1.13. The lowest BCUT2D eigenvalue weighted by atomic mass is 9.52. The van der Waals surface area contributed by atoms with Crippen LogP contribution in [0.4, 0.5) is 0 Å². The second-order valence-corrected chi connectivity index (χ2v) is 18.1. The van der Waals surface area contributed by atoms with Crippen molar-refractivity contribution in [3.63, 3.8) is 0 Å². The second-order valence-electron chi connectivity index (χ2n) is 16.3. The van der Waals surface area contributed by atoms with Crippen molar-refractivity contribution in [2.45, 2.75) is 122 Å². The number of hydrogen-bond acceptors (Lipinski definition) is 4. The Bertz CT molecular complexity index is 1410. The highest BCUT2D eigenvalue weighted by molar-refractivity contribution is 7.88. The summed E-state index contributed by atoms with van der Waals surface area (Å²) in [6, 6.07) is 11.3. The molecule has 6 heteroatoms. The Morgan fingerprint density at radius 3 is 2.60 bits per heavy atom. The maximum absolute atomic E-state index is 12.0. The van der Waals surface area contributed by atoms with Crippen LogP contribution in [-0.2, 0) is 21.3 Å². The molecule has 1 unspecified atom stereocenters. The predicted molar refractivity (Wildman–Crippen MR) is 174 cm³/mol. The van der Waals surface area contributed by atoms with E-state index in [-0.39, 0.29) is 23.3 Å². The van der Waals surface area contributed by atoms with Crippen LogP contribution in [0.15, 0.2) is 53.6 Å². The molecule has 7 rings (SSSR count). The van der Waals surface area contributed by atoms with Crippen molar-refractivity contribution in [3.05, 3.63) is 59.2 Å². The number of hydrogen-bond donors (Lipinski definition) is 1. The number of likely N-dealkylation sites (tertiary alicyclic amines) is 1. The van der Waals surface area contributed by atoms with E-state index >= 15 is 0 Å². The van der Waals surface area contributed by atoms with Crippen molar-refractivity contribution >= 4 is 10.0 Å². The van der Waals surface area contributed by atoms with Gasteiger partial charge in [0, 0.05) is 25.6 Å². The van der Waals surface area contributed by atoms with Crippen molar-refractivity contribution in [3.8, 4) is 0 Å². The highest BCUT2D eigenvalue weighted by atomic mass is 32.2. The third kappa shape index (κ3) is 5.11. The van der Waals surface area contributed by atoms with Crippen LogP contribution in [0.3, 0.4) is 0 Å². The Morgan fingerprint density at radius 1 is 1.09 bits per heavy atom. The minimum absolute atomic E-state index is 0.108. The zero-order valence-corrected chi connectivity index (χ0v) is 28.0. The first kappa shape index (κ1) is 30.2. The summed E-state index contributed by atoms with van der Waals surface area (Å²) in [7, 11) is -3.16. The fourth-order valence-electron chi connectivity index (χ4n) is 11.8. The lowest BCUT2D eigenvalue weighted by Gasteiger charge is -2.54. The van der Waals surface area contributed by atoms with Gasteiger partial charge in [-0.15, -0.1) is 0 Å². The highest BCUT2D eigenvalue weighted by Gasteiger charge is 2.62. The molecule has 0 amide bonds. The summed E-state index contributed by atoms with van der Waals surface area (Å²) in [4.78, 5) is 2.68. The standard InChI is InChI=1S/C37H54N2O3S/c1-24-20-36(5)34(39(22-24)23-27-10-8-7-9-11-27)26(3)37(42-36)17-15-30-31-13-12-28-18-29(38-43(6,40)41)14-16-35(28,4)33(31)19-32(30)25(2)21-37/h7-11,24,28-31,33-34,38H,3,12-23H2,1-2,4-6H3/t24-,28+,29?,30-,31-,33-,34-,35-,36+,37-/m0/s1. The smallest absolute Gasteiger partial charge is 0.208 e. The van der Waals surface area contributed by atoms with Gasteiger partial charge in [0.1, 0.15) is 0 Å². The summed E-state index contributed by atoms with van der Waals surface area (Å²) in [6.07, 6.45) is 12.6. The quantitative estimate of drug-likeness (QED) is 0.367. The monoisotopic (exact) mass is 606 g/mol. The molecule has 1 spiro atoms. The number of benzene rings is 1. The molecule has 10 atom stereocenters. The summed E-state index contributed by atoms with van der Waals surface area (Å²) < 4.78 is 34.3. The van der Waals surface area contributed by atoms with Gasteiger partial charge in [-0.05, 0) is 118 Å². The third-order valence-electron chi connectivity index (χ3n) is 13.3. The molecule has 0 bridgehead atoms. The normalized spacial score (nSPS) is 45.0. The molecule has 1 aromatic rings. The van der Waals surface area contributed by atoms with Gasteiger partial charge in [0.2, 0.25) is 10.0 Å². The van der Waals surface area contributed by atoms with Crippen molar-refractivity contribution in [1.29, 1.82) is 0 Å². The Kier molecular flexibility index (Phi) is 7.40. The number of nitrogens with zero attached hydrogens (tertiary/aromatic N) is 1. The molecule has 6 aliphatic rings. The van der Waals surface area contributed by atoms with Crippen LogP contribution in [0.25, 0.3) is 0 Å². The van der Waals surface area contributed by atoms with Crippen LogP contribution in [-0.4, -0.2) is 49.4 Å². The van der Waals surface area contributed by atoms with Gasteiger partial charge in [0.25, 0.3) is 0 Å². The minimum atomic E-state index is -3.16. The minimum Gasteiger partial charge on any atom is -0.362 e. The van der Waals surface area contributed by atoms with E-state index in [4.69, 9.17) is 11.3 Å². The molecule has 5 nitrogen and oxygen atoms in total.